The van der Waals surface area contributed by atoms with Crippen LogP contribution in [-0.4, -0.2) is 55.4 Å². The fraction of sp³-hybridized carbons (Fsp3) is 0.786. The van der Waals surface area contributed by atoms with E-state index < -0.39 is 6.09 Å². The molecule has 0 aliphatic heterocycles. The van der Waals surface area contributed by atoms with Gasteiger partial charge in [-0.15, -0.1) is 0 Å². The summed E-state index contributed by atoms with van der Waals surface area (Å²) in [6.07, 6.45) is 2.55. The lowest BCUT2D eigenvalue weighted by Gasteiger charge is -2.19. The third kappa shape index (κ3) is 12.9. The quantitative estimate of drug-likeness (QED) is 0.439. The van der Waals surface area contributed by atoms with Gasteiger partial charge < -0.3 is 20.6 Å². The van der Waals surface area contributed by atoms with Crippen molar-refractivity contribution in [2.75, 3.05) is 39.3 Å². The van der Waals surface area contributed by atoms with Crippen LogP contribution in [0.2, 0.25) is 0 Å². The predicted octanol–water partition coefficient (Wildman–Crippen LogP) is 1.14. The van der Waals surface area contributed by atoms with Crippen LogP contribution in [0.5, 0.6) is 0 Å². The Kier molecular flexibility index (Phi) is 13.3. The smallest absolute Gasteiger partial charge is 0.407 e. The van der Waals surface area contributed by atoms with Crippen molar-refractivity contribution in [3.05, 3.63) is 0 Å². The molecule has 0 aromatic rings. The highest BCUT2D eigenvalue weighted by molar-refractivity contribution is 5.64. The second-order valence-corrected chi connectivity index (χ2v) is 4.65. The summed E-state index contributed by atoms with van der Waals surface area (Å²) in [6, 6.07) is 4.11. The molecule has 1 amide bonds. The summed E-state index contributed by atoms with van der Waals surface area (Å²) in [5, 5.41) is 32.1. The Hall–Kier alpha value is -1.83. The van der Waals surface area contributed by atoms with Crippen molar-refractivity contribution in [3.8, 4) is 12.1 Å². The molecule has 0 aromatic heterocycles. The molecule has 0 unspecified atom stereocenters. The zero-order valence-corrected chi connectivity index (χ0v) is 12.5. The molecule has 0 bridgehead atoms. The molecule has 3 N–H and O–H groups in total. The van der Waals surface area contributed by atoms with Gasteiger partial charge in [-0.3, -0.25) is 0 Å². The van der Waals surface area contributed by atoms with Crippen LogP contribution in [0.15, 0.2) is 0 Å². The van der Waals surface area contributed by atoms with E-state index in [4.69, 9.17) is 15.6 Å². The van der Waals surface area contributed by atoms with Gasteiger partial charge >= 0.3 is 6.09 Å². The van der Waals surface area contributed by atoms with Gasteiger partial charge in [-0.2, -0.15) is 10.5 Å². The van der Waals surface area contributed by atoms with Gasteiger partial charge in [-0.25, -0.2) is 4.79 Å². The Bertz CT molecular complexity index is 348. The molecule has 0 fully saturated rings. The van der Waals surface area contributed by atoms with E-state index in [2.05, 4.69) is 16.7 Å². The van der Waals surface area contributed by atoms with E-state index in [0.29, 0.717) is 39.0 Å². The molecule has 0 atom stereocenters. The summed E-state index contributed by atoms with van der Waals surface area (Å²) in [5.41, 5.74) is 0. The molecule has 0 aromatic carbocycles. The molecule has 7 nitrogen and oxygen atoms in total. The van der Waals surface area contributed by atoms with E-state index in [0.717, 1.165) is 32.4 Å². The van der Waals surface area contributed by atoms with Crippen molar-refractivity contribution >= 4 is 6.09 Å². The first-order valence-corrected chi connectivity index (χ1v) is 7.35. The normalized spacial score (nSPS) is 9.81. The van der Waals surface area contributed by atoms with E-state index in [1.54, 1.807) is 0 Å². The summed E-state index contributed by atoms with van der Waals surface area (Å²) in [4.78, 5) is 12.5. The van der Waals surface area contributed by atoms with E-state index in [1.807, 2.05) is 6.07 Å². The van der Waals surface area contributed by atoms with Crippen molar-refractivity contribution in [2.45, 2.75) is 32.1 Å². The maximum absolute atomic E-state index is 11.1. The maximum Gasteiger partial charge on any atom is 0.407 e. The summed E-state index contributed by atoms with van der Waals surface area (Å²) in [6.45, 7) is 3.92. The fourth-order valence-corrected chi connectivity index (χ4v) is 1.79. The molecule has 118 valence electrons. The molecule has 0 saturated heterocycles. The van der Waals surface area contributed by atoms with Crippen molar-refractivity contribution < 1.29 is 9.90 Å². The Morgan fingerprint density at radius 3 is 1.95 bits per heavy atom. The summed E-state index contributed by atoms with van der Waals surface area (Å²) < 4.78 is 0. The molecule has 0 aliphatic rings. The predicted molar refractivity (Wildman–Crippen MR) is 79.6 cm³/mol. The summed E-state index contributed by atoms with van der Waals surface area (Å²) in [5.74, 6) is 0. The van der Waals surface area contributed by atoms with Gasteiger partial charge in [-0.1, -0.05) is 0 Å². The van der Waals surface area contributed by atoms with Gasteiger partial charge in [-0.05, 0) is 32.4 Å². The number of carboxylic acid groups (broad SMARTS) is 1. The van der Waals surface area contributed by atoms with E-state index >= 15 is 0 Å². The maximum atomic E-state index is 11.1. The van der Waals surface area contributed by atoms with Crippen molar-refractivity contribution in [1.82, 2.24) is 15.5 Å². The van der Waals surface area contributed by atoms with Gasteiger partial charge in [0.25, 0.3) is 0 Å². The third-order valence-corrected chi connectivity index (χ3v) is 2.91. The minimum absolute atomic E-state index is 0.474. The zero-order valence-electron chi connectivity index (χ0n) is 12.5. The van der Waals surface area contributed by atoms with Crippen LogP contribution in [0.4, 0.5) is 4.79 Å². The van der Waals surface area contributed by atoms with Gasteiger partial charge in [0.15, 0.2) is 0 Å². The second kappa shape index (κ2) is 14.6. The van der Waals surface area contributed by atoms with Crippen LogP contribution < -0.4 is 10.6 Å². The monoisotopic (exact) mass is 295 g/mol. The SMILES string of the molecule is N#CCCNCCCCN(CCCNCCC#N)C(=O)O. The number of hydrogen-bond donors (Lipinski definition) is 3. The Balaban J connectivity index is 3.57. The first kappa shape index (κ1) is 19.2. The molecule has 0 heterocycles. The molecule has 0 spiro atoms. The molecular weight excluding hydrogens is 270 g/mol. The van der Waals surface area contributed by atoms with Crippen molar-refractivity contribution in [1.29, 1.82) is 10.5 Å². The fourth-order valence-electron chi connectivity index (χ4n) is 1.79. The average Bonchev–Trinajstić information content (AvgIpc) is 2.47. The largest absolute Gasteiger partial charge is 0.465 e. The lowest BCUT2D eigenvalue weighted by Crippen LogP contribution is -2.33. The van der Waals surface area contributed by atoms with Crippen molar-refractivity contribution in [3.63, 3.8) is 0 Å². The lowest BCUT2D eigenvalue weighted by molar-refractivity contribution is 0.143. The molecule has 21 heavy (non-hydrogen) atoms. The number of hydrogen-bond acceptors (Lipinski definition) is 5. The average molecular weight is 295 g/mol. The van der Waals surface area contributed by atoms with Crippen LogP contribution in [0, 0.1) is 22.7 Å². The van der Waals surface area contributed by atoms with Gasteiger partial charge in [0.05, 0.1) is 12.1 Å². The number of nitrogens with one attached hydrogen (secondary N) is 2. The topological polar surface area (TPSA) is 112 Å². The van der Waals surface area contributed by atoms with Crippen LogP contribution in [0.25, 0.3) is 0 Å². The van der Waals surface area contributed by atoms with E-state index in [1.165, 1.54) is 4.90 Å². The Morgan fingerprint density at radius 2 is 1.43 bits per heavy atom. The molecule has 0 aliphatic carbocycles. The molecule has 0 radical (unpaired) electrons. The highest BCUT2D eigenvalue weighted by Crippen LogP contribution is 1.97. The first-order chi connectivity index (χ1) is 10.2. The minimum Gasteiger partial charge on any atom is -0.465 e. The van der Waals surface area contributed by atoms with Crippen LogP contribution in [0.1, 0.15) is 32.1 Å². The Labute approximate surface area is 126 Å². The highest BCUT2D eigenvalue weighted by Gasteiger charge is 2.10. The number of carbonyl (C=O) groups is 1. The molecule has 0 rings (SSSR count). The van der Waals surface area contributed by atoms with Crippen molar-refractivity contribution in [2.24, 2.45) is 0 Å². The third-order valence-electron chi connectivity index (χ3n) is 2.91. The first-order valence-electron chi connectivity index (χ1n) is 7.35. The molecule has 0 saturated carbocycles. The molecule has 7 heteroatoms. The van der Waals surface area contributed by atoms with E-state index in [-0.39, 0.29) is 0 Å². The summed E-state index contributed by atoms with van der Waals surface area (Å²) >= 11 is 0. The lowest BCUT2D eigenvalue weighted by atomic mass is 10.2. The van der Waals surface area contributed by atoms with Gasteiger partial charge in [0.1, 0.15) is 0 Å². The van der Waals surface area contributed by atoms with E-state index in [9.17, 15) is 4.79 Å². The number of unbranched alkanes of at least 4 members (excludes halogenated alkanes) is 1. The second-order valence-electron chi connectivity index (χ2n) is 4.65. The van der Waals surface area contributed by atoms with Crippen LogP contribution >= 0.6 is 0 Å². The zero-order chi connectivity index (χ0) is 15.8. The number of nitrogens with zero attached hydrogens (tertiary/aromatic N) is 3. The number of nitriles is 2. The standard InChI is InChI=1S/C14H25N5O2/c15-6-3-9-17-8-1-2-12-19(14(20)21)13-5-11-18-10-4-7-16/h17-18H,1-5,8-13H2,(H,20,21). The number of rotatable bonds is 13. The van der Waals surface area contributed by atoms with Crippen LogP contribution in [0.3, 0.4) is 0 Å². The minimum atomic E-state index is -0.885. The molecular formula is C14H25N5O2. The number of amides is 1. The van der Waals surface area contributed by atoms with Crippen LogP contribution in [-0.2, 0) is 0 Å². The Morgan fingerprint density at radius 1 is 0.905 bits per heavy atom. The van der Waals surface area contributed by atoms with Gasteiger partial charge in [0.2, 0.25) is 0 Å². The summed E-state index contributed by atoms with van der Waals surface area (Å²) in [7, 11) is 0. The highest BCUT2D eigenvalue weighted by atomic mass is 16.4. The van der Waals surface area contributed by atoms with Gasteiger partial charge in [0, 0.05) is 39.0 Å².